The first-order valence-corrected chi connectivity index (χ1v) is 4.99. The van der Waals surface area contributed by atoms with Gasteiger partial charge in [-0.2, -0.15) is 5.48 Å². The number of hydrogen-bond donors (Lipinski definition) is 3. The lowest BCUT2D eigenvalue weighted by molar-refractivity contribution is 0.163. The van der Waals surface area contributed by atoms with Crippen LogP contribution in [0.4, 0.5) is 0 Å². The van der Waals surface area contributed by atoms with Gasteiger partial charge in [-0.3, -0.25) is 0 Å². The molecule has 0 aliphatic carbocycles. The van der Waals surface area contributed by atoms with E-state index in [1.165, 1.54) is 0 Å². The molecule has 0 saturated carbocycles. The van der Waals surface area contributed by atoms with Crippen molar-refractivity contribution in [1.29, 1.82) is 0 Å². The van der Waals surface area contributed by atoms with Crippen molar-refractivity contribution in [3.05, 3.63) is 29.8 Å². The zero-order valence-electron chi connectivity index (χ0n) is 9.10. The van der Waals surface area contributed by atoms with Crippen molar-refractivity contribution in [1.82, 2.24) is 5.48 Å². The maximum Gasteiger partial charge on any atom is 0.147 e. The van der Waals surface area contributed by atoms with Gasteiger partial charge < -0.3 is 15.7 Å². The van der Waals surface area contributed by atoms with Crippen LogP contribution in [0.3, 0.4) is 0 Å². The summed E-state index contributed by atoms with van der Waals surface area (Å²) < 4.78 is 0. The number of hydrogen-bond acceptors (Lipinski definition) is 4. The molecular weight excluding hydrogens is 192 g/mol. The summed E-state index contributed by atoms with van der Waals surface area (Å²) in [4.78, 5) is 5.08. The van der Waals surface area contributed by atoms with Gasteiger partial charge in [0.05, 0.1) is 6.10 Å². The third-order valence-corrected chi connectivity index (χ3v) is 2.23. The number of aliphatic hydroxyl groups excluding tert-OH is 1. The molecule has 2 unspecified atom stereocenters. The smallest absolute Gasteiger partial charge is 0.147 e. The average molecular weight is 210 g/mol. The first kappa shape index (κ1) is 12.0. The highest BCUT2D eigenvalue weighted by Crippen LogP contribution is 2.12. The number of nitrogens with one attached hydrogen (secondary N) is 1. The minimum absolute atomic E-state index is 0.221. The zero-order chi connectivity index (χ0) is 11.3. The standard InChI is InChI=1S/C11H18N2O2/c1-8(14)11(12)7-9-3-5-10(6-4-9)15-13-2/h3-6,8,11,13-14H,7,12H2,1-2H3. The second kappa shape index (κ2) is 5.70. The van der Waals surface area contributed by atoms with Gasteiger partial charge in [0.1, 0.15) is 5.75 Å². The van der Waals surface area contributed by atoms with Crippen LogP contribution in [0, 0.1) is 0 Å². The van der Waals surface area contributed by atoms with Crippen LogP contribution in [-0.4, -0.2) is 24.3 Å². The summed E-state index contributed by atoms with van der Waals surface area (Å²) in [5.74, 6) is 0.756. The predicted molar refractivity (Wildman–Crippen MR) is 59.5 cm³/mol. The predicted octanol–water partition coefficient (Wildman–Crippen LogP) is 0.450. The van der Waals surface area contributed by atoms with Crippen LogP contribution in [0.2, 0.25) is 0 Å². The molecule has 4 nitrogen and oxygen atoms in total. The quantitative estimate of drug-likeness (QED) is 0.617. The molecule has 1 aromatic rings. The SMILES string of the molecule is CNOc1ccc(CC(N)C(C)O)cc1. The maximum atomic E-state index is 9.26. The second-order valence-corrected chi connectivity index (χ2v) is 3.56. The fourth-order valence-corrected chi connectivity index (χ4v) is 1.25. The van der Waals surface area contributed by atoms with Crippen LogP contribution < -0.4 is 16.1 Å². The van der Waals surface area contributed by atoms with E-state index in [2.05, 4.69) is 5.48 Å². The number of rotatable bonds is 5. The van der Waals surface area contributed by atoms with Crippen LogP contribution in [0.15, 0.2) is 24.3 Å². The molecule has 0 saturated heterocycles. The van der Waals surface area contributed by atoms with Crippen molar-refractivity contribution in [2.45, 2.75) is 25.5 Å². The molecule has 0 radical (unpaired) electrons. The fraction of sp³-hybridized carbons (Fsp3) is 0.455. The number of hydroxylamine groups is 1. The highest BCUT2D eigenvalue weighted by molar-refractivity contribution is 5.27. The van der Waals surface area contributed by atoms with Gasteiger partial charge in [-0.15, -0.1) is 0 Å². The van der Waals surface area contributed by atoms with Crippen molar-refractivity contribution in [2.24, 2.45) is 5.73 Å². The molecule has 0 bridgehead atoms. The normalized spacial score (nSPS) is 14.7. The third-order valence-electron chi connectivity index (χ3n) is 2.23. The Bertz CT molecular complexity index is 285. The molecule has 0 heterocycles. The zero-order valence-corrected chi connectivity index (χ0v) is 9.10. The Kier molecular flexibility index (Phi) is 4.55. The molecule has 0 amide bonds. The van der Waals surface area contributed by atoms with Crippen molar-refractivity contribution in [3.8, 4) is 5.75 Å². The summed E-state index contributed by atoms with van der Waals surface area (Å²) >= 11 is 0. The lowest BCUT2D eigenvalue weighted by Gasteiger charge is -2.14. The summed E-state index contributed by atoms with van der Waals surface area (Å²) in [7, 11) is 1.71. The average Bonchev–Trinajstić information content (AvgIpc) is 2.21. The number of benzene rings is 1. The van der Waals surface area contributed by atoms with E-state index < -0.39 is 6.10 Å². The van der Waals surface area contributed by atoms with E-state index in [0.717, 1.165) is 11.3 Å². The summed E-state index contributed by atoms with van der Waals surface area (Å²) in [6.07, 6.45) is 0.176. The van der Waals surface area contributed by atoms with Crippen LogP contribution >= 0.6 is 0 Å². The van der Waals surface area contributed by atoms with Gasteiger partial charge in [0.15, 0.2) is 0 Å². The lowest BCUT2D eigenvalue weighted by atomic mass is 10.0. The van der Waals surface area contributed by atoms with E-state index in [1.54, 1.807) is 14.0 Å². The molecule has 1 aromatic carbocycles. The highest BCUT2D eigenvalue weighted by Gasteiger charge is 2.09. The van der Waals surface area contributed by atoms with Crippen LogP contribution in [0.5, 0.6) is 5.75 Å². The van der Waals surface area contributed by atoms with E-state index in [1.807, 2.05) is 24.3 Å². The number of aliphatic hydroxyl groups is 1. The summed E-state index contributed by atoms with van der Waals surface area (Å²) in [5.41, 5.74) is 9.44. The molecular formula is C11H18N2O2. The first-order valence-electron chi connectivity index (χ1n) is 4.99. The summed E-state index contributed by atoms with van der Waals surface area (Å²) in [6, 6.07) is 7.38. The van der Waals surface area contributed by atoms with Crippen LogP contribution in [0.1, 0.15) is 12.5 Å². The molecule has 0 spiro atoms. The molecule has 1 rings (SSSR count). The van der Waals surface area contributed by atoms with Crippen molar-refractivity contribution < 1.29 is 9.94 Å². The van der Waals surface area contributed by atoms with Gasteiger partial charge >= 0.3 is 0 Å². The molecule has 4 N–H and O–H groups in total. The van der Waals surface area contributed by atoms with Crippen molar-refractivity contribution >= 4 is 0 Å². The summed E-state index contributed by atoms with van der Waals surface area (Å²) in [5, 5.41) is 9.26. The van der Waals surface area contributed by atoms with E-state index >= 15 is 0 Å². The fourth-order valence-electron chi connectivity index (χ4n) is 1.25. The minimum Gasteiger partial charge on any atom is -0.409 e. The van der Waals surface area contributed by atoms with Gasteiger partial charge in [0.2, 0.25) is 0 Å². The monoisotopic (exact) mass is 210 g/mol. The Labute approximate surface area is 90.0 Å². The first-order chi connectivity index (χ1) is 7.13. The topological polar surface area (TPSA) is 67.5 Å². The Morgan fingerprint density at radius 3 is 2.47 bits per heavy atom. The highest BCUT2D eigenvalue weighted by atomic mass is 16.6. The van der Waals surface area contributed by atoms with Gasteiger partial charge in [-0.1, -0.05) is 12.1 Å². The molecule has 84 valence electrons. The van der Waals surface area contributed by atoms with E-state index in [9.17, 15) is 5.11 Å². The summed E-state index contributed by atoms with van der Waals surface area (Å²) in [6.45, 7) is 1.70. The molecule has 15 heavy (non-hydrogen) atoms. The molecule has 0 aliphatic heterocycles. The van der Waals surface area contributed by atoms with Crippen molar-refractivity contribution in [3.63, 3.8) is 0 Å². The van der Waals surface area contributed by atoms with Gasteiger partial charge in [0, 0.05) is 13.1 Å². The molecule has 0 aromatic heterocycles. The second-order valence-electron chi connectivity index (χ2n) is 3.56. The third kappa shape index (κ3) is 3.87. The van der Waals surface area contributed by atoms with E-state index in [0.29, 0.717) is 6.42 Å². The molecule has 0 aliphatic rings. The molecule has 0 fully saturated rings. The maximum absolute atomic E-state index is 9.26. The van der Waals surface area contributed by atoms with E-state index in [-0.39, 0.29) is 6.04 Å². The van der Waals surface area contributed by atoms with Crippen LogP contribution in [0.25, 0.3) is 0 Å². The van der Waals surface area contributed by atoms with E-state index in [4.69, 9.17) is 10.6 Å². The van der Waals surface area contributed by atoms with Gasteiger partial charge in [0.25, 0.3) is 0 Å². The minimum atomic E-state index is -0.488. The van der Waals surface area contributed by atoms with Crippen LogP contribution in [-0.2, 0) is 6.42 Å². The Balaban J connectivity index is 2.56. The lowest BCUT2D eigenvalue weighted by Crippen LogP contribution is -2.34. The Hall–Kier alpha value is -1.10. The van der Waals surface area contributed by atoms with Crippen molar-refractivity contribution in [2.75, 3.05) is 7.05 Å². The molecule has 2 atom stereocenters. The number of nitrogens with two attached hydrogens (primary N) is 1. The largest absolute Gasteiger partial charge is 0.409 e. The Morgan fingerprint density at radius 1 is 1.40 bits per heavy atom. The van der Waals surface area contributed by atoms with Gasteiger partial charge in [-0.05, 0) is 31.0 Å². The van der Waals surface area contributed by atoms with Gasteiger partial charge in [-0.25, -0.2) is 0 Å². The Morgan fingerprint density at radius 2 is 2.00 bits per heavy atom. The molecule has 4 heteroatoms.